The molecule has 0 saturated heterocycles. The normalized spacial score (nSPS) is 11.3. The van der Waals surface area contributed by atoms with Crippen LogP contribution >= 0.6 is 0 Å². The summed E-state index contributed by atoms with van der Waals surface area (Å²) < 4.78 is 7.12. The first-order valence-electron chi connectivity index (χ1n) is 6.23. The zero-order valence-electron chi connectivity index (χ0n) is 11.1. The summed E-state index contributed by atoms with van der Waals surface area (Å²) in [6, 6.07) is 7.41. The van der Waals surface area contributed by atoms with Gasteiger partial charge in [0, 0.05) is 17.7 Å². The minimum absolute atomic E-state index is 0.104. The van der Waals surface area contributed by atoms with Crippen molar-refractivity contribution in [3.05, 3.63) is 36.3 Å². The maximum atomic E-state index is 10.8. The summed E-state index contributed by atoms with van der Waals surface area (Å²) >= 11 is 0. The number of benzene rings is 1. The lowest BCUT2D eigenvalue weighted by Crippen LogP contribution is -1.97. The molecule has 102 valence electrons. The molecular weight excluding hydrogens is 258 g/mol. The third-order valence-corrected chi connectivity index (χ3v) is 3.14. The van der Waals surface area contributed by atoms with E-state index in [1.54, 1.807) is 6.33 Å². The lowest BCUT2D eigenvalue weighted by Gasteiger charge is -2.07. The van der Waals surface area contributed by atoms with Crippen LogP contribution in [0.3, 0.4) is 0 Å². The van der Waals surface area contributed by atoms with Gasteiger partial charge >= 0.3 is 5.97 Å². The van der Waals surface area contributed by atoms with Gasteiger partial charge in [-0.1, -0.05) is 5.16 Å². The van der Waals surface area contributed by atoms with E-state index in [0.29, 0.717) is 11.8 Å². The number of nitrogens with zero attached hydrogens (tertiary/aromatic N) is 3. The summed E-state index contributed by atoms with van der Waals surface area (Å²) in [5.41, 5.74) is 2.52. The molecule has 0 aliphatic carbocycles. The molecule has 0 saturated carbocycles. The number of imidazole rings is 1. The molecule has 0 unspecified atom stereocenters. The Balaban J connectivity index is 2.06. The quantitative estimate of drug-likeness (QED) is 0.792. The van der Waals surface area contributed by atoms with Crippen LogP contribution in [0.1, 0.15) is 30.4 Å². The molecule has 2 aromatic heterocycles. The van der Waals surface area contributed by atoms with Crippen LogP contribution < -0.4 is 0 Å². The average molecular weight is 271 g/mol. The van der Waals surface area contributed by atoms with Crippen LogP contribution in [0.4, 0.5) is 0 Å². The highest BCUT2D eigenvalue weighted by Gasteiger charge is 2.13. The highest BCUT2D eigenvalue weighted by atomic mass is 16.5. The van der Waals surface area contributed by atoms with Gasteiger partial charge in [-0.3, -0.25) is 0 Å². The molecule has 1 aromatic carbocycles. The lowest BCUT2D eigenvalue weighted by molar-refractivity contribution is 0.0686. The summed E-state index contributed by atoms with van der Waals surface area (Å²) in [6.07, 6.45) is 1.79. The van der Waals surface area contributed by atoms with Crippen LogP contribution in [-0.4, -0.2) is 25.8 Å². The fraction of sp³-hybridized carbons (Fsp3) is 0.214. The molecule has 20 heavy (non-hydrogen) atoms. The van der Waals surface area contributed by atoms with Crippen molar-refractivity contribution in [3.63, 3.8) is 0 Å². The van der Waals surface area contributed by atoms with E-state index in [4.69, 9.17) is 9.63 Å². The molecule has 0 bridgehead atoms. The molecule has 6 nitrogen and oxygen atoms in total. The van der Waals surface area contributed by atoms with Gasteiger partial charge in [-0.2, -0.15) is 0 Å². The van der Waals surface area contributed by atoms with Crippen LogP contribution in [0, 0.1) is 0 Å². The predicted molar refractivity (Wildman–Crippen MR) is 72.6 cm³/mol. The van der Waals surface area contributed by atoms with Gasteiger partial charge < -0.3 is 14.2 Å². The number of aromatic carboxylic acids is 1. The molecule has 3 aromatic rings. The van der Waals surface area contributed by atoms with E-state index in [1.165, 1.54) is 6.07 Å². The summed E-state index contributed by atoms with van der Waals surface area (Å²) in [5, 5.41) is 12.3. The summed E-state index contributed by atoms with van der Waals surface area (Å²) in [5.74, 6) is -0.687. The van der Waals surface area contributed by atoms with Crippen molar-refractivity contribution in [2.24, 2.45) is 0 Å². The fourth-order valence-electron chi connectivity index (χ4n) is 2.11. The smallest absolute Gasteiger partial charge is 0.358 e. The van der Waals surface area contributed by atoms with Gasteiger partial charge in [0.15, 0.2) is 11.5 Å². The Morgan fingerprint density at radius 1 is 1.35 bits per heavy atom. The van der Waals surface area contributed by atoms with E-state index in [2.05, 4.69) is 28.6 Å². The first-order chi connectivity index (χ1) is 9.56. The van der Waals surface area contributed by atoms with Gasteiger partial charge in [0.2, 0.25) is 0 Å². The Kier molecular flexibility index (Phi) is 2.78. The Hall–Kier alpha value is -2.63. The average Bonchev–Trinajstić information content (AvgIpc) is 3.04. The molecule has 0 amide bonds. The first-order valence-corrected chi connectivity index (χ1v) is 6.23. The minimum Gasteiger partial charge on any atom is -0.476 e. The van der Waals surface area contributed by atoms with Gasteiger partial charge in [-0.25, -0.2) is 9.78 Å². The number of aromatic nitrogens is 3. The number of rotatable bonds is 3. The Bertz CT molecular complexity index is 786. The highest BCUT2D eigenvalue weighted by molar-refractivity contribution is 5.87. The molecule has 0 fully saturated rings. The second kappa shape index (κ2) is 4.48. The van der Waals surface area contributed by atoms with E-state index in [9.17, 15) is 4.79 Å². The molecule has 0 radical (unpaired) electrons. The number of carboxylic acid groups (broad SMARTS) is 1. The molecular formula is C14H13N3O3. The molecule has 1 N–H and O–H groups in total. The first kappa shape index (κ1) is 12.4. The zero-order valence-corrected chi connectivity index (χ0v) is 11.1. The van der Waals surface area contributed by atoms with Crippen LogP contribution in [-0.2, 0) is 0 Å². The second-order valence-electron chi connectivity index (χ2n) is 4.83. The van der Waals surface area contributed by atoms with Crippen LogP contribution in [0.2, 0.25) is 0 Å². The summed E-state index contributed by atoms with van der Waals surface area (Å²) in [6.45, 7) is 4.18. The van der Waals surface area contributed by atoms with Crippen molar-refractivity contribution in [3.8, 4) is 11.3 Å². The monoisotopic (exact) mass is 271 g/mol. The Morgan fingerprint density at radius 3 is 2.80 bits per heavy atom. The Labute approximate surface area is 114 Å². The van der Waals surface area contributed by atoms with Crippen molar-refractivity contribution in [1.29, 1.82) is 0 Å². The minimum atomic E-state index is -1.11. The van der Waals surface area contributed by atoms with Gasteiger partial charge in [-0.15, -0.1) is 0 Å². The van der Waals surface area contributed by atoms with E-state index < -0.39 is 5.97 Å². The number of hydrogen-bond donors (Lipinski definition) is 1. The second-order valence-corrected chi connectivity index (χ2v) is 4.83. The largest absolute Gasteiger partial charge is 0.476 e. The van der Waals surface area contributed by atoms with E-state index in [-0.39, 0.29) is 5.69 Å². The number of hydrogen-bond acceptors (Lipinski definition) is 4. The van der Waals surface area contributed by atoms with Gasteiger partial charge in [0.05, 0.1) is 17.4 Å². The maximum absolute atomic E-state index is 10.8. The van der Waals surface area contributed by atoms with Gasteiger partial charge in [0.25, 0.3) is 0 Å². The van der Waals surface area contributed by atoms with E-state index >= 15 is 0 Å². The van der Waals surface area contributed by atoms with E-state index in [1.807, 2.05) is 18.2 Å². The summed E-state index contributed by atoms with van der Waals surface area (Å²) in [7, 11) is 0. The lowest BCUT2D eigenvalue weighted by atomic mass is 10.1. The molecule has 3 rings (SSSR count). The standard InChI is InChI=1S/C14H13N3O3/c1-8(2)17-7-15-10-5-9(3-4-12(10)17)13-6-11(14(18)19)16-20-13/h3-8H,1-2H3,(H,18,19). The molecule has 6 heteroatoms. The number of carboxylic acids is 1. The molecule has 0 aliphatic rings. The van der Waals surface area contributed by atoms with Crippen molar-refractivity contribution in [2.45, 2.75) is 19.9 Å². The van der Waals surface area contributed by atoms with Crippen molar-refractivity contribution < 1.29 is 14.4 Å². The van der Waals surface area contributed by atoms with E-state index in [0.717, 1.165) is 16.6 Å². The van der Waals surface area contributed by atoms with Crippen molar-refractivity contribution in [1.82, 2.24) is 14.7 Å². The molecule has 0 atom stereocenters. The highest BCUT2D eigenvalue weighted by Crippen LogP contribution is 2.25. The van der Waals surface area contributed by atoms with Crippen molar-refractivity contribution in [2.75, 3.05) is 0 Å². The number of fused-ring (bicyclic) bond motifs is 1. The zero-order chi connectivity index (χ0) is 14.3. The molecule has 0 aliphatic heterocycles. The SMILES string of the molecule is CC(C)n1cnc2cc(-c3cc(C(=O)O)no3)ccc21. The topological polar surface area (TPSA) is 81.2 Å². The van der Waals surface area contributed by atoms with Crippen LogP contribution in [0.25, 0.3) is 22.4 Å². The predicted octanol–water partition coefficient (Wildman–Crippen LogP) is 2.97. The van der Waals surface area contributed by atoms with Gasteiger partial charge in [0.1, 0.15) is 0 Å². The summed E-state index contributed by atoms with van der Waals surface area (Å²) in [4.78, 5) is 15.2. The van der Waals surface area contributed by atoms with Crippen molar-refractivity contribution >= 4 is 17.0 Å². The third-order valence-electron chi connectivity index (χ3n) is 3.14. The maximum Gasteiger partial charge on any atom is 0.358 e. The Morgan fingerprint density at radius 2 is 2.15 bits per heavy atom. The molecule has 0 spiro atoms. The van der Waals surface area contributed by atoms with Crippen LogP contribution in [0.5, 0.6) is 0 Å². The number of carbonyl (C=O) groups is 1. The molecule has 2 heterocycles. The van der Waals surface area contributed by atoms with Crippen LogP contribution in [0.15, 0.2) is 35.1 Å². The fourth-order valence-corrected chi connectivity index (χ4v) is 2.11. The van der Waals surface area contributed by atoms with Gasteiger partial charge in [-0.05, 0) is 32.0 Å². The third kappa shape index (κ3) is 1.95.